The van der Waals surface area contributed by atoms with E-state index in [4.69, 9.17) is 16.3 Å². The monoisotopic (exact) mass is 298 g/mol. The van der Waals surface area contributed by atoms with E-state index in [1.807, 2.05) is 0 Å². The van der Waals surface area contributed by atoms with E-state index in [1.54, 1.807) is 13.0 Å². The third-order valence-corrected chi connectivity index (χ3v) is 3.17. The summed E-state index contributed by atoms with van der Waals surface area (Å²) in [5.41, 5.74) is 0.583. The van der Waals surface area contributed by atoms with E-state index < -0.39 is 17.7 Å². The fourth-order valence-electron chi connectivity index (χ4n) is 1.77. The second kappa shape index (κ2) is 5.77. The van der Waals surface area contributed by atoms with Gasteiger partial charge in [0.2, 0.25) is 0 Å². The van der Waals surface area contributed by atoms with Crippen molar-refractivity contribution in [2.75, 3.05) is 0 Å². The molecule has 0 radical (unpaired) electrons. The number of aliphatic hydroxyl groups excluding tert-OH is 1. The molecule has 0 amide bonds. The Morgan fingerprint density at radius 1 is 1.20 bits per heavy atom. The van der Waals surface area contributed by atoms with Crippen molar-refractivity contribution < 1.29 is 18.6 Å². The van der Waals surface area contributed by atoms with E-state index in [0.717, 1.165) is 0 Å². The minimum Gasteiger partial charge on any atom is -0.454 e. The summed E-state index contributed by atoms with van der Waals surface area (Å²) in [6.07, 6.45) is -0.942. The van der Waals surface area contributed by atoms with Gasteiger partial charge in [0.15, 0.2) is 11.6 Å². The van der Waals surface area contributed by atoms with Crippen molar-refractivity contribution in [1.29, 1.82) is 0 Å². The first-order valence-corrected chi connectivity index (χ1v) is 6.38. The summed E-state index contributed by atoms with van der Waals surface area (Å²) in [5.74, 6) is -1.04. The smallest absolute Gasteiger partial charge is 0.184 e. The van der Waals surface area contributed by atoms with E-state index >= 15 is 0 Å². The Labute approximate surface area is 120 Å². The van der Waals surface area contributed by atoms with Crippen LogP contribution in [0.2, 0.25) is 5.02 Å². The zero-order valence-electron chi connectivity index (χ0n) is 11.0. The number of aliphatic hydroxyl groups is 1. The van der Waals surface area contributed by atoms with Gasteiger partial charge in [-0.3, -0.25) is 0 Å². The first-order valence-electron chi connectivity index (χ1n) is 6.00. The van der Waals surface area contributed by atoms with Crippen LogP contribution < -0.4 is 4.74 Å². The van der Waals surface area contributed by atoms with Crippen LogP contribution in [0.5, 0.6) is 11.5 Å². The van der Waals surface area contributed by atoms with Gasteiger partial charge < -0.3 is 9.84 Å². The molecular weight excluding hydrogens is 286 g/mol. The molecule has 0 fully saturated rings. The van der Waals surface area contributed by atoms with Crippen molar-refractivity contribution in [3.63, 3.8) is 0 Å². The third-order valence-electron chi connectivity index (χ3n) is 2.88. The summed E-state index contributed by atoms with van der Waals surface area (Å²) < 4.78 is 32.8. The number of benzene rings is 2. The van der Waals surface area contributed by atoms with E-state index in [1.165, 1.54) is 31.2 Å². The highest BCUT2D eigenvalue weighted by Gasteiger charge is 2.16. The minimum absolute atomic E-state index is 0.0695. The Morgan fingerprint density at radius 2 is 1.90 bits per heavy atom. The molecular formula is C15H13ClF2O2. The van der Waals surface area contributed by atoms with Crippen molar-refractivity contribution in [2.45, 2.75) is 20.0 Å². The van der Waals surface area contributed by atoms with Gasteiger partial charge in [-0.25, -0.2) is 8.78 Å². The number of hydrogen-bond donors (Lipinski definition) is 1. The van der Waals surface area contributed by atoms with Gasteiger partial charge in [-0.05, 0) is 43.7 Å². The molecule has 0 unspecified atom stereocenters. The predicted octanol–water partition coefficient (Wildman–Crippen LogP) is 4.77. The second-order valence-corrected chi connectivity index (χ2v) is 4.88. The van der Waals surface area contributed by atoms with Crippen LogP contribution in [0.15, 0.2) is 30.3 Å². The van der Waals surface area contributed by atoms with Gasteiger partial charge in [-0.2, -0.15) is 0 Å². The first-order chi connectivity index (χ1) is 9.40. The molecule has 0 aromatic heterocycles. The lowest BCUT2D eigenvalue weighted by atomic mass is 10.1. The number of rotatable bonds is 3. The van der Waals surface area contributed by atoms with E-state index in [2.05, 4.69) is 0 Å². The van der Waals surface area contributed by atoms with Gasteiger partial charge in [-0.15, -0.1) is 0 Å². The molecule has 0 aliphatic heterocycles. The lowest BCUT2D eigenvalue weighted by Gasteiger charge is -2.15. The van der Waals surface area contributed by atoms with Crippen molar-refractivity contribution in [3.8, 4) is 11.5 Å². The Bertz CT molecular complexity index is 642. The highest BCUT2D eigenvalue weighted by atomic mass is 35.5. The van der Waals surface area contributed by atoms with Gasteiger partial charge in [-0.1, -0.05) is 17.7 Å². The maximum Gasteiger partial charge on any atom is 0.184 e. The topological polar surface area (TPSA) is 29.5 Å². The molecule has 0 saturated heterocycles. The van der Waals surface area contributed by atoms with E-state index in [9.17, 15) is 13.9 Å². The molecule has 2 rings (SSSR count). The van der Waals surface area contributed by atoms with Crippen LogP contribution >= 0.6 is 11.6 Å². The molecule has 2 aromatic rings. The predicted molar refractivity (Wildman–Crippen MR) is 73.3 cm³/mol. The second-order valence-electron chi connectivity index (χ2n) is 4.47. The van der Waals surface area contributed by atoms with Crippen molar-refractivity contribution >= 4 is 11.6 Å². The summed E-state index contributed by atoms with van der Waals surface area (Å²) in [7, 11) is 0. The molecule has 0 spiro atoms. The normalized spacial score (nSPS) is 12.3. The van der Waals surface area contributed by atoms with Gasteiger partial charge >= 0.3 is 0 Å². The lowest BCUT2D eigenvalue weighted by Crippen LogP contribution is -2.00. The summed E-state index contributed by atoms with van der Waals surface area (Å²) in [6, 6.07) is 6.94. The zero-order valence-corrected chi connectivity index (χ0v) is 11.7. The molecule has 0 saturated carbocycles. The largest absolute Gasteiger partial charge is 0.454 e. The maximum absolute atomic E-state index is 13.8. The number of halogens is 3. The highest BCUT2D eigenvalue weighted by Crippen LogP contribution is 2.34. The van der Waals surface area contributed by atoms with Crippen molar-refractivity contribution in [2.24, 2.45) is 0 Å². The van der Waals surface area contributed by atoms with Crippen LogP contribution in [0.25, 0.3) is 0 Å². The molecule has 2 aromatic carbocycles. The highest BCUT2D eigenvalue weighted by molar-refractivity contribution is 6.30. The molecule has 2 nitrogen and oxygen atoms in total. The number of hydrogen-bond acceptors (Lipinski definition) is 2. The Kier molecular flexibility index (Phi) is 4.26. The maximum atomic E-state index is 13.8. The summed E-state index contributed by atoms with van der Waals surface area (Å²) in [5, 5.41) is 9.59. The van der Waals surface area contributed by atoms with Gasteiger partial charge in [0.1, 0.15) is 11.6 Å². The van der Waals surface area contributed by atoms with Crippen molar-refractivity contribution in [1.82, 2.24) is 0 Å². The van der Waals surface area contributed by atoms with Crippen molar-refractivity contribution in [3.05, 3.63) is 58.1 Å². The number of ether oxygens (including phenoxy) is 1. The van der Waals surface area contributed by atoms with Crippen LogP contribution in [0.3, 0.4) is 0 Å². The van der Waals surface area contributed by atoms with Crippen LogP contribution in [0.4, 0.5) is 8.78 Å². The minimum atomic E-state index is -0.942. The van der Waals surface area contributed by atoms with Gasteiger partial charge in [0.25, 0.3) is 0 Å². The van der Waals surface area contributed by atoms with E-state index in [0.29, 0.717) is 5.56 Å². The summed E-state index contributed by atoms with van der Waals surface area (Å²) in [4.78, 5) is 0. The van der Waals surface area contributed by atoms with Crippen LogP contribution in [0, 0.1) is 18.6 Å². The molecule has 5 heteroatoms. The van der Waals surface area contributed by atoms with Gasteiger partial charge in [0, 0.05) is 5.56 Å². The molecule has 20 heavy (non-hydrogen) atoms. The fourth-order valence-corrected chi connectivity index (χ4v) is 1.93. The molecule has 1 atom stereocenters. The lowest BCUT2D eigenvalue weighted by molar-refractivity contribution is 0.195. The first kappa shape index (κ1) is 14.8. The molecule has 0 aliphatic rings. The van der Waals surface area contributed by atoms with Crippen LogP contribution in [-0.2, 0) is 0 Å². The summed E-state index contributed by atoms with van der Waals surface area (Å²) in [6.45, 7) is 3.04. The Balaban J connectivity index is 2.47. The number of aryl methyl sites for hydroxylation is 1. The fraction of sp³-hybridized carbons (Fsp3) is 0.200. The SMILES string of the molecule is Cc1cc(Oc2cccc(Cl)c2F)c([C@@H](C)O)cc1F. The average molecular weight is 299 g/mol. The Morgan fingerprint density at radius 3 is 2.55 bits per heavy atom. The quantitative estimate of drug-likeness (QED) is 0.884. The third kappa shape index (κ3) is 2.92. The van der Waals surface area contributed by atoms with E-state index in [-0.39, 0.29) is 22.1 Å². The van der Waals surface area contributed by atoms with Crippen LogP contribution in [-0.4, -0.2) is 5.11 Å². The molecule has 106 valence electrons. The Hall–Kier alpha value is -1.65. The van der Waals surface area contributed by atoms with Gasteiger partial charge in [0.05, 0.1) is 11.1 Å². The van der Waals surface area contributed by atoms with Crippen LogP contribution in [0.1, 0.15) is 24.2 Å². The standard InChI is InChI=1S/C15H13ClF2O2/c1-8-6-14(10(9(2)19)7-12(8)17)20-13-5-3-4-11(16)15(13)18/h3-7,9,19H,1-2H3/t9-/m1/s1. The molecule has 0 heterocycles. The molecule has 0 bridgehead atoms. The zero-order chi connectivity index (χ0) is 14.9. The molecule has 1 N–H and O–H groups in total. The summed E-state index contributed by atoms with van der Waals surface area (Å²) >= 11 is 5.67. The average Bonchev–Trinajstić information content (AvgIpc) is 2.38. The molecule has 0 aliphatic carbocycles.